The third-order valence-electron chi connectivity index (χ3n) is 3.49. The predicted molar refractivity (Wildman–Crippen MR) is 106 cm³/mol. The van der Waals surface area contributed by atoms with Gasteiger partial charge < -0.3 is 10.6 Å². The minimum Gasteiger partial charge on any atom is -0.326 e. The molecular formula is C18H17ClN4O4S. The average molecular weight is 421 g/mol. The molecule has 0 spiro atoms. The van der Waals surface area contributed by atoms with Crippen molar-refractivity contribution in [3.63, 3.8) is 0 Å². The van der Waals surface area contributed by atoms with Crippen molar-refractivity contribution in [2.24, 2.45) is 0 Å². The molecule has 3 N–H and O–H groups in total. The van der Waals surface area contributed by atoms with E-state index in [1.165, 1.54) is 37.3 Å². The van der Waals surface area contributed by atoms with Crippen LogP contribution in [0, 0.1) is 11.3 Å². The summed E-state index contributed by atoms with van der Waals surface area (Å²) in [7, 11) is -3.74. The van der Waals surface area contributed by atoms with Crippen LogP contribution in [0.1, 0.15) is 23.7 Å². The summed E-state index contributed by atoms with van der Waals surface area (Å²) in [5.41, 5.74) is 1.07. The molecule has 0 saturated carbocycles. The summed E-state index contributed by atoms with van der Waals surface area (Å²) in [6, 6.07) is 11.8. The Hall–Kier alpha value is -2.93. The molecule has 0 aliphatic heterocycles. The van der Waals surface area contributed by atoms with E-state index in [1.54, 1.807) is 12.1 Å². The van der Waals surface area contributed by atoms with E-state index in [9.17, 15) is 18.0 Å². The number of amides is 2. The molecule has 0 bridgehead atoms. The number of hydrogen-bond donors (Lipinski definition) is 3. The maximum atomic E-state index is 12.4. The van der Waals surface area contributed by atoms with Crippen LogP contribution in [0.3, 0.4) is 0 Å². The van der Waals surface area contributed by atoms with Gasteiger partial charge in [0.15, 0.2) is 0 Å². The Balaban J connectivity index is 2.09. The molecule has 28 heavy (non-hydrogen) atoms. The lowest BCUT2D eigenvalue weighted by molar-refractivity contribution is -0.114. The number of nitrogens with one attached hydrogen (secondary N) is 3. The van der Waals surface area contributed by atoms with Crippen LogP contribution in [0.2, 0.25) is 5.02 Å². The maximum absolute atomic E-state index is 12.4. The van der Waals surface area contributed by atoms with E-state index in [1.807, 2.05) is 6.07 Å². The highest BCUT2D eigenvalue weighted by molar-refractivity contribution is 7.89. The highest BCUT2D eigenvalue weighted by Gasteiger charge is 2.15. The average Bonchev–Trinajstić information content (AvgIpc) is 2.63. The van der Waals surface area contributed by atoms with Crippen LogP contribution in [-0.2, 0) is 14.8 Å². The van der Waals surface area contributed by atoms with Crippen LogP contribution in [0.15, 0.2) is 47.4 Å². The molecule has 2 rings (SSSR count). The Bertz CT molecular complexity index is 1030. The van der Waals surface area contributed by atoms with Gasteiger partial charge in [-0.2, -0.15) is 5.26 Å². The third kappa shape index (κ3) is 5.79. The highest BCUT2D eigenvalue weighted by Crippen LogP contribution is 2.26. The Labute approximate surface area is 167 Å². The quantitative estimate of drug-likeness (QED) is 0.593. The summed E-state index contributed by atoms with van der Waals surface area (Å²) in [5.74, 6) is -0.722. The Morgan fingerprint density at radius 3 is 2.36 bits per heavy atom. The summed E-state index contributed by atoms with van der Waals surface area (Å²) in [6.45, 7) is 1.38. The van der Waals surface area contributed by atoms with E-state index in [4.69, 9.17) is 16.9 Å². The topological polar surface area (TPSA) is 128 Å². The predicted octanol–water partition coefficient (Wildman–Crippen LogP) is 2.74. The van der Waals surface area contributed by atoms with E-state index in [0.29, 0.717) is 11.4 Å². The third-order valence-corrected chi connectivity index (χ3v) is 5.28. The number of sulfonamides is 1. The van der Waals surface area contributed by atoms with Gasteiger partial charge in [-0.15, -0.1) is 0 Å². The van der Waals surface area contributed by atoms with Gasteiger partial charge >= 0.3 is 0 Å². The van der Waals surface area contributed by atoms with Crippen molar-refractivity contribution in [3.8, 4) is 6.07 Å². The molecule has 8 nitrogen and oxygen atoms in total. The van der Waals surface area contributed by atoms with Gasteiger partial charge in [-0.05, 0) is 42.5 Å². The minimum absolute atomic E-state index is 0.00799. The summed E-state index contributed by atoms with van der Waals surface area (Å²) < 4.78 is 26.4. The standard InChI is InChI=1S/C18H17ClN4O4S/c1-12(24)22-14-5-8-17(16(19)11-14)23-18(25)13-3-6-15(7-4-13)28(26,27)21-10-2-9-20/h3-8,11,21H,2,10H2,1H3,(H,22,24)(H,23,25). The highest BCUT2D eigenvalue weighted by atomic mass is 35.5. The van der Waals surface area contributed by atoms with Crippen molar-refractivity contribution >= 4 is 44.8 Å². The smallest absolute Gasteiger partial charge is 0.255 e. The Kier molecular flexibility index (Phi) is 7.12. The molecule has 0 aliphatic rings. The SMILES string of the molecule is CC(=O)Nc1ccc(NC(=O)c2ccc(S(=O)(=O)NCCC#N)cc2)c(Cl)c1. The normalized spacial score (nSPS) is 10.8. The van der Waals surface area contributed by atoms with Gasteiger partial charge in [0, 0.05) is 31.1 Å². The molecule has 0 heterocycles. The molecule has 2 aromatic rings. The van der Waals surface area contributed by atoms with E-state index in [-0.39, 0.29) is 34.4 Å². The molecule has 2 aromatic carbocycles. The first-order valence-electron chi connectivity index (χ1n) is 8.08. The van der Waals surface area contributed by atoms with Crippen LogP contribution in [0.4, 0.5) is 11.4 Å². The van der Waals surface area contributed by atoms with Crippen molar-refractivity contribution in [1.82, 2.24) is 4.72 Å². The monoisotopic (exact) mass is 420 g/mol. The fourth-order valence-corrected chi connectivity index (χ4v) is 3.46. The van der Waals surface area contributed by atoms with Gasteiger partial charge in [-0.1, -0.05) is 11.6 Å². The summed E-state index contributed by atoms with van der Waals surface area (Å²) in [4.78, 5) is 23.4. The number of halogens is 1. The second kappa shape index (κ2) is 9.32. The molecule has 0 radical (unpaired) electrons. The molecule has 0 fully saturated rings. The molecule has 0 atom stereocenters. The number of nitrogens with zero attached hydrogens (tertiary/aromatic N) is 1. The first kappa shape index (κ1) is 21.4. The van der Waals surface area contributed by atoms with Crippen LogP contribution < -0.4 is 15.4 Å². The van der Waals surface area contributed by atoms with Gasteiger partial charge in [0.05, 0.1) is 21.7 Å². The maximum Gasteiger partial charge on any atom is 0.255 e. The van der Waals surface area contributed by atoms with Crippen molar-refractivity contribution in [2.75, 3.05) is 17.2 Å². The zero-order chi connectivity index (χ0) is 20.7. The molecule has 0 saturated heterocycles. The van der Waals surface area contributed by atoms with E-state index in [0.717, 1.165) is 0 Å². The van der Waals surface area contributed by atoms with Gasteiger partial charge in [0.1, 0.15) is 0 Å². The summed E-state index contributed by atoms with van der Waals surface area (Å²) >= 11 is 6.11. The first-order chi connectivity index (χ1) is 13.2. The fraction of sp³-hybridized carbons (Fsp3) is 0.167. The zero-order valence-electron chi connectivity index (χ0n) is 14.8. The van der Waals surface area contributed by atoms with Gasteiger partial charge in [-0.25, -0.2) is 13.1 Å². The Morgan fingerprint density at radius 1 is 1.11 bits per heavy atom. The number of rotatable bonds is 7. The molecule has 146 valence electrons. The molecule has 0 aromatic heterocycles. The number of nitriles is 1. The second-order valence-corrected chi connectivity index (χ2v) is 7.83. The van der Waals surface area contributed by atoms with E-state index in [2.05, 4.69) is 15.4 Å². The number of benzene rings is 2. The zero-order valence-corrected chi connectivity index (χ0v) is 16.4. The van der Waals surface area contributed by atoms with Crippen LogP contribution in [0.25, 0.3) is 0 Å². The minimum atomic E-state index is -3.74. The summed E-state index contributed by atoms with van der Waals surface area (Å²) in [5, 5.41) is 13.9. The largest absolute Gasteiger partial charge is 0.326 e. The second-order valence-electron chi connectivity index (χ2n) is 5.66. The first-order valence-corrected chi connectivity index (χ1v) is 9.94. The lowest BCUT2D eigenvalue weighted by Gasteiger charge is -2.10. The van der Waals surface area contributed by atoms with Crippen molar-refractivity contribution < 1.29 is 18.0 Å². The summed E-state index contributed by atoms with van der Waals surface area (Å²) in [6.07, 6.45) is 0.0568. The van der Waals surface area contributed by atoms with Gasteiger partial charge in [0.2, 0.25) is 15.9 Å². The number of carbonyl (C=O) groups excluding carboxylic acids is 2. The van der Waals surface area contributed by atoms with Crippen LogP contribution >= 0.6 is 11.6 Å². The molecular weight excluding hydrogens is 404 g/mol. The molecule has 10 heteroatoms. The van der Waals surface area contributed by atoms with Crippen molar-refractivity contribution in [2.45, 2.75) is 18.2 Å². The number of hydrogen-bond acceptors (Lipinski definition) is 5. The van der Waals surface area contributed by atoms with Crippen LogP contribution in [0.5, 0.6) is 0 Å². The Morgan fingerprint density at radius 2 is 1.79 bits per heavy atom. The van der Waals surface area contributed by atoms with Crippen LogP contribution in [-0.4, -0.2) is 26.8 Å². The van der Waals surface area contributed by atoms with Gasteiger partial charge in [0.25, 0.3) is 5.91 Å². The lowest BCUT2D eigenvalue weighted by Crippen LogP contribution is -2.24. The van der Waals surface area contributed by atoms with Gasteiger partial charge in [-0.3, -0.25) is 9.59 Å². The molecule has 0 unspecified atom stereocenters. The van der Waals surface area contributed by atoms with Crippen molar-refractivity contribution in [1.29, 1.82) is 5.26 Å². The number of carbonyl (C=O) groups is 2. The lowest BCUT2D eigenvalue weighted by atomic mass is 10.2. The van der Waals surface area contributed by atoms with E-state index < -0.39 is 15.9 Å². The number of anilines is 2. The van der Waals surface area contributed by atoms with Crippen molar-refractivity contribution in [3.05, 3.63) is 53.1 Å². The molecule has 2 amide bonds. The van der Waals surface area contributed by atoms with E-state index >= 15 is 0 Å². The fourth-order valence-electron chi connectivity index (χ4n) is 2.20. The molecule has 0 aliphatic carbocycles.